The van der Waals surface area contributed by atoms with Gasteiger partial charge in [-0.2, -0.15) is 0 Å². The molecule has 2 aliphatic rings. The van der Waals surface area contributed by atoms with E-state index in [-0.39, 0.29) is 0 Å². The van der Waals surface area contributed by atoms with E-state index in [1.807, 2.05) is 18.5 Å². The molecular formula is C61H43N3. The zero-order valence-corrected chi connectivity index (χ0v) is 35.3. The molecule has 0 N–H and O–H groups in total. The Hall–Kier alpha value is -8.27. The Morgan fingerprint density at radius 1 is 0.484 bits per heavy atom. The normalized spacial score (nSPS) is 14.6. The van der Waals surface area contributed by atoms with E-state index in [0.717, 1.165) is 51.4 Å². The maximum atomic E-state index is 4.85. The van der Waals surface area contributed by atoms with Crippen LogP contribution in [-0.4, -0.2) is 9.55 Å². The summed E-state index contributed by atoms with van der Waals surface area (Å²) in [5.74, 6) is 0. The van der Waals surface area contributed by atoms with Crippen molar-refractivity contribution in [1.82, 2.24) is 9.55 Å². The fourth-order valence-corrected chi connectivity index (χ4v) is 10.5. The lowest BCUT2D eigenvalue weighted by Gasteiger charge is -2.36. The molecule has 3 nitrogen and oxygen atoms in total. The Balaban J connectivity index is 0.998. The van der Waals surface area contributed by atoms with Crippen LogP contribution in [0.2, 0.25) is 0 Å². The van der Waals surface area contributed by atoms with Crippen molar-refractivity contribution in [2.24, 2.45) is 0 Å². The Morgan fingerprint density at radius 2 is 1.16 bits per heavy atom. The van der Waals surface area contributed by atoms with Gasteiger partial charge >= 0.3 is 0 Å². The van der Waals surface area contributed by atoms with Crippen LogP contribution in [0.15, 0.2) is 249 Å². The van der Waals surface area contributed by atoms with Gasteiger partial charge in [0.2, 0.25) is 0 Å². The number of allylic oxidation sites excluding steroid dienone is 5. The Labute approximate surface area is 373 Å². The molecule has 2 heterocycles. The SMILES string of the molecule is C=C1/C=C\C=C/Cc2ccc(-n3c4ccccc4c4cc(-c5cccc(N(c6ccccc6)c6ccc(-c7cccnc7)cc6)c5)ccc43)cc2C12c1ccccc1-c1ccccc12. The van der Waals surface area contributed by atoms with Crippen LogP contribution in [0.5, 0.6) is 0 Å². The van der Waals surface area contributed by atoms with Crippen LogP contribution in [-0.2, 0) is 11.8 Å². The zero-order chi connectivity index (χ0) is 42.6. The number of nitrogens with zero attached hydrogens (tertiary/aromatic N) is 3. The van der Waals surface area contributed by atoms with E-state index in [0.29, 0.717) is 0 Å². The maximum Gasteiger partial charge on any atom is 0.0711 e. The highest BCUT2D eigenvalue weighted by Gasteiger charge is 2.47. The van der Waals surface area contributed by atoms with E-state index in [1.165, 1.54) is 60.8 Å². The van der Waals surface area contributed by atoms with Gasteiger partial charge in [-0.25, -0.2) is 0 Å². The highest BCUT2D eigenvalue weighted by Crippen LogP contribution is 2.57. The van der Waals surface area contributed by atoms with Gasteiger partial charge in [0.1, 0.15) is 0 Å². The van der Waals surface area contributed by atoms with E-state index in [9.17, 15) is 0 Å². The summed E-state index contributed by atoms with van der Waals surface area (Å²) in [5, 5.41) is 2.44. The number of benzene rings is 8. The molecule has 0 aliphatic heterocycles. The molecule has 3 heteroatoms. The fraction of sp³-hybridized carbons (Fsp3) is 0.0328. The molecule has 0 bridgehead atoms. The monoisotopic (exact) mass is 817 g/mol. The first-order valence-electron chi connectivity index (χ1n) is 22.0. The lowest BCUT2D eigenvalue weighted by molar-refractivity contribution is 0.758. The van der Waals surface area contributed by atoms with E-state index < -0.39 is 5.41 Å². The predicted molar refractivity (Wildman–Crippen MR) is 267 cm³/mol. The molecule has 2 aromatic heterocycles. The number of aromatic nitrogens is 2. The molecule has 0 saturated heterocycles. The Morgan fingerprint density at radius 3 is 1.95 bits per heavy atom. The summed E-state index contributed by atoms with van der Waals surface area (Å²) in [7, 11) is 0. The van der Waals surface area contributed by atoms with E-state index in [2.05, 4.69) is 233 Å². The molecule has 10 aromatic rings. The molecule has 8 aromatic carbocycles. The molecule has 0 amide bonds. The van der Waals surface area contributed by atoms with Crippen LogP contribution in [0.3, 0.4) is 0 Å². The van der Waals surface area contributed by atoms with Gasteiger partial charge in [-0.15, -0.1) is 0 Å². The number of para-hydroxylation sites is 2. The number of fused-ring (bicyclic) bond motifs is 10. The van der Waals surface area contributed by atoms with Crippen LogP contribution in [0.1, 0.15) is 22.3 Å². The van der Waals surface area contributed by atoms with E-state index >= 15 is 0 Å². The first kappa shape index (κ1) is 37.5. The van der Waals surface area contributed by atoms with Gasteiger partial charge in [0, 0.05) is 45.9 Å². The standard InChI is InChI=1S/C61H43N3/c1-42-16-4-2-5-17-44-31-35-51(40-58(44)61(42)56-26-11-8-23-52(56)53-24-9-12-27-57(53)61)64-59-28-13-10-25-54(59)55-39-46(32-36-60(55)64)45-18-14-22-50(38-45)63(48-20-6-3-7-21-48)49-33-29-43(30-34-49)47-19-15-37-62-41-47/h2-16,18-41H,1,17H2/b5-2-,16-4-. The Kier molecular flexibility index (Phi) is 8.94. The largest absolute Gasteiger partial charge is 0.310 e. The van der Waals surface area contributed by atoms with Crippen LogP contribution < -0.4 is 4.90 Å². The molecule has 64 heavy (non-hydrogen) atoms. The molecule has 302 valence electrons. The third-order valence-corrected chi connectivity index (χ3v) is 13.3. The van der Waals surface area contributed by atoms with Crippen molar-refractivity contribution in [3.8, 4) is 39.1 Å². The molecule has 0 radical (unpaired) electrons. The number of anilines is 3. The molecule has 0 fully saturated rings. The van der Waals surface area contributed by atoms with Crippen molar-refractivity contribution in [3.05, 3.63) is 271 Å². The van der Waals surface area contributed by atoms with Crippen molar-refractivity contribution in [2.75, 3.05) is 4.90 Å². The smallest absolute Gasteiger partial charge is 0.0711 e. The second-order valence-electron chi connectivity index (χ2n) is 16.8. The minimum absolute atomic E-state index is 0.549. The molecule has 2 aliphatic carbocycles. The highest BCUT2D eigenvalue weighted by molar-refractivity contribution is 6.10. The van der Waals surface area contributed by atoms with E-state index in [1.54, 1.807) is 0 Å². The van der Waals surface area contributed by atoms with Gasteiger partial charge in [-0.05, 0) is 140 Å². The zero-order valence-electron chi connectivity index (χ0n) is 35.3. The molecule has 1 spiro atoms. The van der Waals surface area contributed by atoms with Crippen LogP contribution in [0.25, 0.3) is 60.9 Å². The summed E-state index contributed by atoms with van der Waals surface area (Å²) in [5.41, 5.74) is 19.5. The third kappa shape index (κ3) is 5.93. The van der Waals surface area contributed by atoms with Crippen LogP contribution >= 0.6 is 0 Å². The van der Waals surface area contributed by atoms with E-state index in [4.69, 9.17) is 6.58 Å². The number of rotatable bonds is 6. The van der Waals surface area contributed by atoms with Gasteiger partial charge in [0.25, 0.3) is 0 Å². The summed E-state index contributed by atoms with van der Waals surface area (Å²) in [4.78, 5) is 6.67. The third-order valence-electron chi connectivity index (χ3n) is 13.3. The maximum absolute atomic E-state index is 4.85. The van der Waals surface area contributed by atoms with Crippen LogP contribution in [0.4, 0.5) is 17.1 Å². The first-order chi connectivity index (χ1) is 31.7. The van der Waals surface area contributed by atoms with Gasteiger partial charge in [-0.1, -0.05) is 158 Å². The Bertz CT molecular complexity index is 3440. The quantitative estimate of drug-likeness (QED) is 0.167. The summed E-state index contributed by atoms with van der Waals surface area (Å²) in [6, 6.07) is 73.1. The van der Waals surface area contributed by atoms with Gasteiger partial charge in [0.15, 0.2) is 0 Å². The summed E-state index contributed by atoms with van der Waals surface area (Å²) in [6.45, 7) is 4.85. The molecular weight excluding hydrogens is 775 g/mol. The summed E-state index contributed by atoms with van der Waals surface area (Å²) in [6.07, 6.45) is 13.3. The highest BCUT2D eigenvalue weighted by atomic mass is 15.1. The first-order valence-corrected chi connectivity index (χ1v) is 22.0. The summed E-state index contributed by atoms with van der Waals surface area (Å²) < 4.78 is 2.46. The topological polar surface area (TPSA) is 21.1 Å². The van der Waals surface area contributed by atoms with Crippen molar-refractivity contribution in [1.29, 1.82) is 0 Å². The minimum atomic E-state index is -0.549. The van der Waals surface area contributed by atoms with Gasteiger partial charge < -0.3 is 9.47 Å². The number of hydrogen-bond donors (Lipinski definition) is 0. The van der Waals surface area contributed by atoms with Gasteiger partial charge in [-0.3, -0.25) is 4.98 Å². The fourth-order valence-electron chi connectivity index (χ4n) is 10.5. The second-order valence-corrected chi connectivity index (χ2v) is 16.8. The predicted octanol–water partition coefficient (Wildman–Crippen LogP) is 15.5. The lowest BCUT2D eigenvalue weighted by Crippen LogP contribution is -2.30. The average molecular weight is 818 g/mol. The molecule has 0 atom stereocenters. The second kappa shape index (κ2) is 15.3. The number of hydrogen-bond acceptors (Lipinski definition) is 2. The number of pyridine rings is 1. The van der Waals surface area contributed by atoms with Crippen molar-refractivity contribution < 1.29 is 0 Å². The molecule has 12 rings (SSSR count). The lowest BCUT2D eigenvalue weighted by atomic mass is 9.66. The van der Waals surface area contributed by atoms with Crippen LogP contribution in [0, 0.1) is 0 Å². The molecule has 0 saturated carbocycles. The summed E-state index contributed by atoms with van der Waals surface area (Å²) >= 11 is 0. The van der Waals surface area contributed by atoms with Crippen molar-refractivity contribution in [3.63, 3.8) is 0 Å². The average Bonchev–Trinajstić information content (AvgIpc) is 3.87. The molecule has 0 unspecified atom stereocenters. The minimum Gasteiger partial charge on any atom is -0.310 e. The van der Waals surface area contributed by atoms with Gasteiger partial charge in [0.05, 0.1) is 16.4 Å². The van der Waals surface area contributed by atoms with Crippen molar-refractivity contribution >= 4 is 38.9 Å². The van der Waals surface area contributed by atoms with Crippen molar-refractivity contribution in [2.45, 2.75) is 11.8 Å².